The van der Waals surface area contributed by atoms with Crippen LogP contribution in [0, 0.1) is 0 Å². The van der Waals surface area contributed by atoms with Gasteiger partial charge in [0.2, 0.25) is 11.8 Å². The van der Waals surface area contributed by atoms with Gasteiger partial charge in [-0.3, -0.25) is 9.59 Å². The van der Waals surface area contributed by atoms with Crippen LogP contribution in [0.15, 0.2) is 95.7 Å². The van der Waals surface area contributed by atoms with Crippen LogP contribution in [0.5, 0.6) is 0 Å². The molecular formula is C27H23N5O2S. The molecule has 0 aliphatic heterocycles. The summed E-state index contributed by atoms with van der Waals surface area (Å²) >= 11 is 1.59. The van der Waals surface area contributed by atoms with Crippen molar-refractivity contribution in [3.8, 4) is 0 Å². The van der Waals surface area contributed by atoms with Crippen molar-refractivity contribution in [2.24, 2.45) is 0 Å². The van der Waals surface area contributed by atoms with Gasteiger partial charge in [-0.05, 0) is 64.4 Å². The van der Waals surface area contributed by atoms with Crippen LogP contribution in [-0.4, -0.2) is 26.8 Å². The second kappa shape index (κ2) is 10.3. The number of thiophene rings is 1. The van der Waals surface area contributed by atoms with E-state index in [1.807, 2.05) is 95.7 Å². The highest BCUT2D eigenvalue weighted by atomic mass is 32.1. The van der Waals surface area contributed by atoms with E-state index >= 15 is 0 Å². The van der Waals surface area contributed by atoms with Crippen molar-refractivity contribution in [1.29, 1.82) is 0 Å². The third-order valence-corrected chi connectivity index (χ3v) is 6.33. The average Bonchev–Trinajstić information content (AvgIpc) is 3.54. The Morgan fingerprint density at radius 2 is 1.66 bits per heavy atom. The lowest BCUT2D eigenvalue weighted by atomic mass is 10.1. The first-order chi connectivity index (χ1) is 17.2. The molecular weight excluding hydrogens is 458 g/mol. The first kappa shape index (κ1) is 22.5. The molecule has 0 fully saturated rings. The summed E-state index contributed by atoms with van der Waals surface area (Å²) < 4.78 is 1.62. The van der Waals surface area contributed by atoms with Crippen LogP contribution in [0.3, 0.4) is 0 Å². The van der Waals surface area contributed by atoms with Crippen LogP contribution in [0.4, 0.5) is 11.4 Å². The zero-order chi connectivity index (χ0) is 24.0. The lowest BCUT2D eigenvalue weighted by Crippen LogP contribution is -2.33. The summed E-state index contributed by atoms with van der Waals surface area (Å²) in [5.41, 5.74) is 4.99. The molecule has 0 spiro atoms. The number of nitrogens with one attached hydrogen (secondary N) is 1. The SMILES string of the molecule is O=C(Cc1ccccc1)Nc1ccc(N(Cc2ccsc2)C(=O)Cn2nnc3ccccc32)cc1. The van der Waals surface area contributed by atoms with E-state index in [2.05, 4.69) is 15.6 Å². The van der Waals surface area contributed by atoms with Crippen molar-refractivity contribution in [2.75, 3.05) is 10.2 Å². The summed E-state index contributed by atoms with van der Waals surface area (Å²) in [5, 5.41) is 15.3. The van der Waals surface area contributed by atoms with Gasteiger partial charge in [0.15, 0.2) is 0 Å². The maximum atomic E-state index is 13.4. The number of amides is 2. The molecule has 2 heterocycles. The van der Waals surface area contributed by atoms with Crippen molar-refractivity contribution in [3.63, 3.8) is 0 Å². The first-order valence-electron chi connectivity index (χ1n) is 11.2. The number of aromatic nitrogens is 3. The maximum absolute atomic E-state index is 13.4. The molecule has 0 saturated heterocycles. The minimum absolute atomic E-state index is 0.0697. The Bertz CT molecular complexity index is 1430. The van der Waals surface area contributed by atoms with Crippen LogP contribution >= 0.6 is 11.3 Å². The molecule has 2 aromatic heterocycles. The molecule has 5 rings (SSSR count). The molecule has 5 aromatic rings. The smallest absolute Gasteiger partial charge is 0.249 e. The summed E-state index contributed by atoms with van der Waals surface area (Å²) in [6.45, 7) is 0.509. The number of carbonyl (C=O) groups is 2. The average molecular weight is 482 g/mol. The molecule has 0 unspecified atom stereocenters. The second-order valence-electron chi connectivity index (χ2n) is 8.10. The zero-order valence-electron chi connectivity index (χ0n) is 18.9. The van der Waals surface area contributed by atoms with Crippen LogP contribution in [-0.2, 0) is 29.1 Å². The minimum atomic E-state index is -0.104. The highest BCUT2D eigenvalue weighted by molar-refractivity contribution is 7.07. The van der Waals surface area contributed by atoms with E-state index in [1.54, 1.807) is 20.9 Å². The molecule has 8 heteroatoms. The molecule has 7 nitrogen and oxygen atoms in total. The monoisotopic (exact) mass is 481 g/mol. The van der Waals surface area contributed by atoms with Crippen molar-refractivity contribution >= 4 is 45.6 Å². The number of carbonyl (C=O) groups excluding carboxylic acids is 2. The van der Waals surface area contributed by atoms with Crippen LogP contribution < -0.4 is 10.2 Å². The Morgan fingerprint density at radius 3 is 2.43 bits per heavy atom. The normalized spacial score (nSPS) is 10.9. The fourth-order valence-electron chi connectivity index (χ4n) is 3.85. The summed E-state index contributed by atoms with van der Waals surface area (Å²) in [6.07, 6.45) is 0.303. The van der Waals surface area contributed by atoms with E-state index in [-0.39, 0.29) is 18.4 Å². The van der Waals surface area contributed by atoms with Gasteiger partial charge in [0.1, 0.15) is 12.1 Å². The molecule has 0 radical (unpaired) electrons. The Labute approximate surface area is 206 Å². The van der Waals surface area contributed by atoms with Gasteiger partial charge < -0.3 is 10.2 Å². The Balaban J connectivity index is 1.33. The molecule has 0 saturated carbocycles. The van der Waals surface area contributed by atoms with Crippen molar-refractivity contribution in [2.45, 2.75) is 19.5 Å². The van der Waals surface area contributed by atoms with Gasteiger partial charge in [-0.25, -0.2) is 4.68 Å². The third kappa shape index (κ3) is 5.44. The fraction of sp³-hybridized carbons (Fsp3) is 0.111. The predicted molar refractivity (Wildman–Crippen MR) is 138 cm³/mol. The van der Waals surface area contributed by atoms with E-state index in [1.165, 1.54) is 0 Å². The van der Waals surface area contributed by atoms with E-state index in [4.69, 9.17) is 0 Å². The molecule has 0 aliphatic rings. The molecule has 2 amide bonds. The van der Waals surface area contributed by atoms with Gasteiger partial charge >= 0.3 is 0 Å². The zero-order valence-corrected chi connectivity index (χ0v) is 19.7. The van der Waals surface area contributed by atoms with Gasteiger partial charge in [-0.15, -0.1) is 5.10 Å². The number of hydrogen-bond donors (Lipinski definition) is 1. The molecule has 1 N–H and O–H groups in total. The minimum Gasteiger partial charge on any atom is -0.326 e. The lowest BCUT2D eigenvalue weighted by Gasteiger charge is -2.23. The molecule has 174 valence electrons. The van der Waals surface area contributed by atoms with Crippen LogP contribution in [0.2, 0.25) is 0 Å². The van der Waals surface area contributed by atoms with Crippen molar-refractivity contribution in [1.82, 2.24) is 15.0 Å². The van der Waals surface area contributed by atoms with E-state index < -0.39 is 0 Å². The predicted octanol–water partition coefficient (Wildman–Crippen LogP) is 4.91. The topological polar surface area (TPSA) is 80.1 Å². The Morgan fingerprint density at radius 1 is 0.886 bits per heavy atom. The number of benzene rings is 3. The summed E-state index contributed by atoms with van der Waals surface area (Å²) in [4.78, 5) is 27.6. The van der Waals surface area contributed by atoms with Crippen LogP contribution in [0.1, 0.15) is 11.1 Å². The maximum Gasteiger partial charge on any atom is 0.249 e. The Hall–Kier alpha value is -4.30. The number of anilines is 2. The van der Waals surface area contributed by atoms with Crippen molar-refractivity contribution < 1.29 is 9.59 Å². The number of fused-ring (bicyclic) bond motifs is 1. The molecule has 0 bridgehead atoms. The highest BCUT2D eigenvalue weighted by Gasteiger charge is 2.19. The fourth-order valence-corrected chi connectivity index (χ4v) is 4.51. The summed E-state index contributed by atoms with van der Waals surface area (Å²) in [5.74, 6) is -0.194. The second-order valence-corrected chi connectivity index (χ2v) is 8.88. The van der Waals surface area contributed by atoms with Gasteiger partial charge in [-0.2, -0.15) is 11.3 Å². The van der Waals surface area contributed by atoms with E-state index in [9.17, 15) is 9.59 Å². The third-order valence-electron chi connectivity index (χ3n) is 5.60. The van der Waals surface area contributed by atoms with Gasteiger partial charge in [-0.1, -0.05) is 47.7 Å². The number of rotatable bonds is 8. The standard InChI is InChI=1S/C27H23N5O2S/c33-26(16-20-6-2-1-3-7-20)28-22-10-12-23(13-11-22)31(17-21-14-15-35-19-21)27(34)18-32-25-9-5-4-8-24(25)29-30-32/h1-15,19H,16-18H2,(H,28,33). The van der Waals surface area contributed by atoms with Crippen LogP contribution in [0.25, 0.3) is 11.0 Å². The van der Waals surface area contributed by atoms with Crippen molar-refractivity contribution in [3.05, 3.63) is 107 Å². The largest absolute Gasteiger partial charge is 0.326 e. The van der Waals surface area contributed by atoms with Gasteiger partial charge in [0, 0.05) is 11.4 Å². The Kier molecular flexibility index (Phi) is 6.63. The van der Waals surface area contributed by atoms with E-state index in [0.29, 0.717) is 18.7 Å². The van der Waals surface area contributed by atoms with E-state index in [0.717, 1.165) is 27.8 Å². The number of para-hydroxylation sites is 1. The quantitative estimate of drug-likeness (QED) is 0.342. The highest BCUT2D eigenvalue weighted by Crippen LogP contribution is 2.22. The lowest BCUT2D eigenvalue weighted by molar-refractivity contribution is -0.119. The first-order valence-corrected chi connectivity index (χ1v) is 12.1. The molecule has 0 atom stereocenters. The van der Waals surface area contributed by atoms with Gasteiger partial charge in [0.05, 0.1) is 18.5 Å². The summed E-state index contributed by atoms with van der Waals surface area (Å²) in [7, 11) is 0. The molecule has 0 aliphatic carbocycles. The number of nitrogens with zero attached hydrogens (tertiary/aromatic N) is 4. The summed E-state index contributed by atoms with van der Waals surface area (Å²) in [6, 6.07) is 26.5. The molecule has 3 aromatic carbocycles. The molecule has 35 heavy (non-hydrogen) atoms. The van der Waals surface area contributed by atoms with Gasteiger partial charge in [0.25, 0.3) is 0 Å². The number of hydrogen-bond acceptors (Lipinski definition) is 5.